The van der Waals surface area contributed by atoms with Crippen molar-refractivity contribution in [3.8, 4) is 5.00 Å². The minimum absolute atomic E-state index is 0.00311. The van der Waals surface area contributed by atoms with Gasteiger partial charge in [-0.15, -0.1) is 11.3 Å². The first-order chi connectivity index (χ1) is 17.2. The van der Waals surface area contributed by atoms with E-state index in [1.807, 2.05) is 11.5 Å². The summed E-state index contributed by atoms with van der Waals surface area (Å²) in [6.45, 7) is 3.61. The largest absolute Gasteiger partial charge is 0.478 e. The zero-order chi connectivity index (χ0) is 25.7. The quantitative estimate of drug-likeness (QED) is 0.398. The molecule has 5 rings (SSSR count). The van der Waals surface area contributed by atoms with Crippen LogP contribution in [-0.2, 0) is 22.4 Å². The second kappa shape index (κ2) is 8.87. The Morgan fingerprint density at radius 1 is 1.14 bits per heavy atom. The third-order valence-corrected chi connectivity index (χ3v) is 7.78. The third kappa shape index (κ3) is 3.83. The van der Waals surface area contributed by atoms with Gasteiger partial charge in [0.1, 0.15) is 16.4 Å². The molecule has 0 radical (unpaired) electrons. The van der Waals surface area contributed by atoms with Crippen LogP contribution in [0.5, 0.6) is 0 Å². The Hall–Kier alpha value is -4.05. The van der Waals surface area contributed by atoms with Crippen LogP contribution in [0, 0.1) is 19.7 Å². The number of fused-ring (bicyclic) bond motifs is 1. The number of aromatic nitrogens is 1. The Morgan fingerprint density at radius 2 is 1.89 bits per heavy atom. The van der Waals surface area contributed by atoms with E-state index in [4.69, 9.17) is 0 Å². The van der Waals surface area contributed by atoms with Gasteiger partial charge in [-0.05, 0) is 81.0 Å². The summed E-state index contributed by atoms with van der Waals surface area (Å²) in [7, 11) is 0. The normalized spacial score (nSPS) is 16.9. The van der Waals surface area contributed by atoms with Crippen molar-refractivity contribution in [1.82, 2.24) is 9.88 Å². The van der Waals surface area contributed by atoms with Gasteiger partial charge in [0.25, 0.3) is 11.8 Å². The number of benzene rings is 1. The SMILES string of the molecule is Cc1cc(/C=C2\C(=O)NC(=O)N(c3cccc(F)c3)C2=O)c(C)n1-c1sc2c(c1C(=O)O)CCCC2. The molecule has 1 aliphatic heterocycles. The molecule has 8 nitrogen and oxygen atoms in total. The Morgan fingerprint density at radius 3 is 2.61 bits per heavy atom. The monoisotopic (exact) mass is 507 g/mol. The third-order valence-electron chi connectivity index (χ3n) is 6.51. The van der Waals surface area contributed by atoms with E-state index >= 15 is 0 Å². The van der Waals surface area contributed by atoms with Gasteiger partial charge >= 0.3 is 12.0 Å². The van der Waals surface area contributed by atoms with Crippen molar-refractivity contribution >= 4 is 46.9 Å². The number of aryl methyl sites for hydroxylation is 2. The first-order valence-corrected chi connectivity index (χ1v) is 12.2. The number of thiophene rings is 1. The highest BCUT2D eigenvalue weighted by atomic mass is 32.1. The lowest BCUT2D eigenvalue weighted by atomic mass is 9.95. The van der Waals surface area contributed by atoms with Crippen LogP contribution in [0.3, 0.4) is 0 Å². The lowest BCUT2D eigenvalue weighted by Crippen LogP contribution is -2.54. The maximum Gasteiger partial charge on any atom is 0.339 e. The zero-order valence-electron chi connectivity index (χ0n) is 19.6. The molecule has 4 amide bonds. The average molecular weight is 508 g/mol. The molecule has 2 N–H and O–H groups in total. The highest BCUT2D eigenvalue weighted by Crippen LogP contribution is 2.39. The van der Waals surface area contributed by atoms with Crippen molar-refractivity contribution in [3.63, 3.8) is 0 Å². The number of carbonyl (C=O) groups excluding carboxylic acids is 3. The number of halogens is 1. The van der Waals surface area contributed by atoms with Gasteiger partial charge in [0.2, 0.25) is 0 Å². The molecule has 1 saturated heterocycles. The van der Waals surface area contributed by atoms with Crippen LogP contribution in [0.25, 0.3) is 11.1 Å². The molecule has 184 valence electrons. The van der Waals surface area contributed by atoms with Crippen molar-refractivity contribution in [3.05, 3.63) is 74.7 Å². The predicted octanol–water partition coefficient (Wildman–Crippen LogP) is 4.54. The molecule has 1 aromatic carbocycles. The summed E-state index contributed by atoms with van der Waals surface area (Å²) in [5.74, 6) is -3.35. The van der Waals surface area contributed by atoms with Crippen molar-refractivity contribution in [2.75, 3.05) is 4.90 Å². The smallest absolute Gasteiger partial charge is 0.339 e. The van der Waals surface area contributed by atoms with E-state index in [1.54, 1.807) is 13.0 Å². The van der Waals surface area contributed by atoms with Gasteiger partial charge < -0.3 is 9.67 Å². The van der Waals surface area contributed by atoms with Crippen molar-refractivity contribution < 1.29 is 28.7 Å². The topological polar surface area (TPSA) is 109 Å². The van der Waals surface area contributed by atoms with Crippen molar-refractivity contribution in [2.45, 2.75) is 39.5 Å². The summed E-state index contributed by atoms with van der Waals surface area (Å²) in [6.07, 6.45) is 4.91. The molecule has 0 saturated carbocycles. The number of carboxylic acids is 1. The van der Waals surface area contributed by atoms with E-state index in [2.05, 4.69) is 5.32 Å². The van der Waals surface area contributed by atoms with Gasteiger partial charge in [-0.25, -0.2) is 18.9 Å². The molecule has 2 aliphatic rings. The molecule has 1 fully saturated rings. The van der Waals surface area contributed by atoms with Gasteiger partial charge in [-0.1, -0.05) is 6.07 Å². The van der Waals surface area contributed by atoms with Crippen LogP contribution < -0.4 is 10.2 Å². The molecule has 0 unspecified atom stereocenters. The van der Waals surface area contributed by atoms with Crippen LogP contribution >= 0.6 is 11.3 Å². The predicted molar refractivity (Wildman–Crippen MR) is 132 cm³/mol. The molecular formula is C26H22FN3O5S. The molecule has 0 bridgehead atoms. The summed E-state index contributed by atoms with van der Waals surface area (Å²) >= 11 is 1.46. The molecular weight excluding hydrogens is 485 g/mol. The second-order valence-electron chi connectivity index (χ2n) is 8.80. The van der Waals surface area contributed by atoms with Gasteiger partial charge in [0, 0.05) is 16.3 Å². The minimum Gasteiger partial charge on any atom is -0.478 e. The summed E-state index contributed by atoms with van der Waals surface area (Å²) < 4.78 is 15.6. The number of nitrogens with one attached hydrogen (secondary N) is 1. The fourth-order valence-corrected chi connectivity index (χ4v) is 6.33. The Labute approximate surface area is 209 Å². The van der Waals surface area contributed by atoms with Crippen LogP contribution in [0.4, 0.5) is 14.9 Å². The molecule has 3 aromatic rings. The number of barbiturate groups is 1. The minimum atomic E-state index is -0.983. The number of carboxylic acid groups (broad SMARTS) is 1. The van der Waals surface area contributed by atoms with Crippen LogP contribution in [0.1, 0.15) is 50.6 Å². The van der Waals surface area contributed by atoms with E-state index in [0.717, 1.165) is 47.9 Å². The van der Waals surface area contributed by atoms with Crippen molar-refractivity contribution in [1.29, 1.82) is 0 Å². The Balaban J connectivity index is 1.59. The highest BCUT2D eigenvalue weighted by Gasteiger charge is 2.37. The molecule has 0 atom stereocenters. The lowest BCUT2D eigenvalue weighted by Gasteiger charge is -2.26. The summed E-state index contributed by atoms with van der Waals surface area (Å²) in [4.78, 5) is 52.2. The Kier molecular flexibility index (Phi) is 5.83. The van der Waals surface area contributed by atoms with Crippen LogP contribution in [0.15, 0.2) is 35.9 Å². The average Bonchev–Trinajstić information content (AvgIpc) is 3.32. The number of urea groups is 1. The van der Waals surface area contributed by atoms with E-state index in [-0.39, 0.29) is 11.3 Å². The number of hydrogen-bond donors (Lipinski definition) is 2. The molecule has 10 heteroatoms. The van der Waals surface area contributed by atoms with Crippen LogP contribution in [-0.4, -0.2) is 33.5 Å². The molecule has 0 spiro atoms. The highest BCUT2D eigenvalue weighted by molar-refractivity contribution is 7.15. The standard InChI is InChI=1S/C26H22FN3O5S/c1-13-10-15(14(2)29(13)24-21(25(33)34)18-8-3-4-9-20(18)36-24)11-19-22(31)28-26(35)30(23(19)32)17-7-5-6-16(27)12-17/h5-7,10-12H,3-4,8-9H2,1-2H3,(H,33,34)(H,28,31,35)/b19-11+. The second-order valence-corrected chi connectivity index (χ2v) is 9.88. The van der Waals surface area contributed by atoms with Gasteiger partial charge in [0.15, 0.2) is 0 Å². The molecule has 2 aromatic heterocycles. The number of hydrogen-bond acceptors (Lipinski definition) is 5. The van der Waals surface area contributed by atoms with E-state index in [9.17, 15) is 28.7 Å². The maximum atomic E-state index is 13.7. The van der Waals surface area contributed by atoms with Gasteiger partial charge in [-0.3, -0.25) is 14.9 Å². The van der Waals surface area contributed by atoms with Crippen molar-refractivity contribution in [2.24, 2.45) is 0 Å². The van der Waals surface area contributed by atoms with E-state index in [1.165, 1.54) is 35.6 Å². The number of nitrogens with zero attached hydrogens (tertiary/aromatic N) is 2. The fourth-order valence-electron chi connectivity index (χ4n) is 4.84. The fraction of sp³-hybridized carbons (Fsp3) is 0.231. The lowest BCUT2D eigenvalue weighted by molar-refractivity contribution is -0.122. The number of imide groups is 2. The van der Waals surface area contributed by atoms with E-state index in [0.29, 0.717) is 26.7 Å². The maximum absolute atomic E-state index is 13.7. The summed E-state index contributed by atoms with van der Waals surface area (Å²) in [5, 5.41) is 12.7. The molecule has 36 heavy (non-hydrogen) atoms. The van der Waals surface area contributed by atoms with E-state index < -0.39 is 29.6 Å². The number of rotatable bonds is 4. The number of carbonyl (C=O) groups is 4. The van der Waals surface area contributed by atoms with Crippen LogP contribution in [0.2, 0.25) is 0 Å². The molecule has 3 heterocycles. The summed E-state index contributed by atoms with van der Waals surface area (Å²) in [6, 6.07) is 5.76. The zero-order valence-corrected chi connectivity index (χ0v) is 20.4. The first kappa shape index (κ1) is 23.7. The summed E-state index contributed by atoms with van der Waals surface area (Å²) in [5.41, 5.74) is 2.80. The number of anilines is 1. The number of amides is 4. The molecule has 1 aliphatic carbocycles. The first-order valence-electron chi connectivity index (χ1n) is 11.4. The number of aromatic carboxylic acids is 1. The Bertz CT molecular complexity index is 1500. The van der Waals surface area contributed by atoms with Gasteiger partial charge in [0.05, 0.1) is 11.3 Å². The van der Waals surface area contributed by atoms with Gasteiger partial charge in [-0.2, -0.15) is 0 Å².